The summed E-state index contributed by atoms with van der Waals surface area (Å²) in [5.74, 6) is 0.617. The molecule has 0 aliphatic rings. The molecule has 0 spiro atoms. The molecule has 0 aromatic carbocycles. The molecule has 0 unspecified atom stereocenters. The number of nitrogens with zero attached hydrogens (tertiary/aromatic N) is 2. The van der Waals surface area contributed by atoms with Crippen molar-refractivity contribution in [1.82, 2.24) is 4.98 Å². The Bertz CT molecular complexity index is 299. The van der Waals surface area contributed by atoms with Crippen LogP contribution < -0.4 is 4.90 Å². The minimum atomic E-state index is 0.268. The molecule has 1 rings (SSSR count). The minimum absolute atomic E-state index is 0.268. The quantitative estimate of drug-likeness (QED) is 0.683. The highest BCUT2D eigenvalue weighted by molar-refractivity contribution is 6.42. The van der Waals surface area contributed by atoms with Crippen molar-refractivity contribution in [2.75, 3.05) is 19.0 Å². The second-order valence-electron chi connectivity index (χ2n) is 2.46. The van der Waals surface area contributed by atoms with Gasteiger partial charge in [0.1, 0.15) is 11.0 Å². The first kappa shape index (κ1) is 9.90. The van der Waals surface area contributed by atoms with E-state index in [9.17, 15) is 0 Å². The summed E-state index contributed by atoms with van der Waals surface area (Å²) in [5.41, 5.74) is 0. The van der Waals surface area contributed by atoms with Crippen molar-refractivity contribution in [2.45, 2.75) is 0 Å². The van der Waals surface area contributed by atoms with Crippen LogP contribution in [0, 0.1) is 0 Å². The van der Waals surface area contributed by atoms with Crippen molar-refractivity contribution in [1.29, 1.82) is 0 Å². The maximum absolute atomic E-state index is 5.85. The van der Waals surface area contributed by atoms with Gasteiger partial charge in [0.25, 0.3) is 0 Å². The van der Waals surface area contributed by atoms with Crippen molar-refractivity contribution in [3.05, 3.63) is 21.3 Å². The van der Waals surface area contributed by atoms with E-state index in [2.05, 4.69) is 4.98 Å². The zero-order valence-electron chi connectivity index (χ0n) is 6.61. The summed E-state index contributed by atoms with van der Waals surface area (Å²) in [6.07, 6.45) is 0. The molecule has 12 heavy (non-hydrogen) atoms. The lowest BCUT2D eigenvalue weighted by molar-refractivity contribution is 1.07. The second-order valence-corrected chi connectivity index (χ2v) is 3.63. The van der Waals surface area contributed by atoms with Crippen LogP contribution in [-0.2, 0) is 0 Å². The third-order valence-corrected chi connectivity index (χ3v) is 2.24. The molecule has 5 heteroatoms. The molecule has 0 radical (unpaired) electrons. The molecule has 1 aromatic rings. The Balaban J connectivity index is 3.23. The number of pyridine rings is 1. The number of anilines is 1. The third-order valence-electron chi connectivity index (χ3n) is 1.29. The lowest BCUT2D eigenvalue weighted by Crippen LogP contribution is -2.11. The highest BCUT2D eigenvalue weighted by Gasteiger charge is 2.08. The third kappa shape index (κ3) is 1.94. The average molecular weight is 226 g/mol. The van der Waals surface area contributed by atoms with Crippen molar-refractivity contribution in [2.24, 2.45) is 0 Å². The molecule has 0 N–H and O–H groups in total. The first-order valence-corrected chi connectivity index (χ1v) is 4.34. The number of rotatable bonds is 1. The molecule has 0 atom stereocenters. The van der Waals surface area contributed by atoms with Crippen LogP contribution in [0.3, 0.4) is 0 Å². The lowest BCUT2D eigenvalue weighted by Gasteiger charge is -2.13. The van der Waals surface area contributed by atoms with Crippen molar-refractivity contribution < 1.29 is 0 Å². The summed E-state index contributed by atoms with van der Waals surface area (Å²) in [5, 5.41) is 1.13. The zero-order valence-corrected chi connectivity index (χ0v) is 8.87. The standard InChI is InChI=1S/C7H7Cl3N2/c1-12(2)7-5(9)3-4(8)6(10)11-7/h3H,1-2H3. The Labute approximate surface area is 86.1 Å². The molecule has 0 saturated carbocycles. The zero-order chi connectivity index (χ0) is 9.30. The summed E-state index contributed by atoms with van der Waals surface area (Å²) in [6.45, 7) is 0. The Morgan fingerprint density at radius 3 is 2.25 bits per heavy atom. The van der Waals surface area contributed by atoms with Gasteiger partial charge in [0.2, 0.25) is 0 Å². The molecule has 1 heterocycles. The van der Waals surface area contributed by atoms with Gasteiger partial charge in [-0.3, -0.25) is 0 Å². The molecular formula is C7H7Cl3N2. The van der Waals surface area contributed by atoms with Crippen LogP contribution in [-0.4, -0.2) is 19.1 Å². The SMILES string of the molecule is CN(C)c1nc(Cl)c(Cl)cc1Cl. The Hall–Kier alpha value is -0.180. The van der Waals surface area contributed by atoms with Gasteiger partial charge < -0.3 is 4.90 Å². The monoisotopic (exact) mass is 224 g/mol. The van der Waals surface area contributed by atoms with Gasteiger partial charge in [0, 0.05) is 14.1 Å². The van der Waals surface area contributed by atoms with Gasteiger partial charge in [-0.25, -0.2) is 4.98 Å². The fourth-order valence-corrected chi connectivity index (χ4v) is 1.41. The summed E-state index contributed by atoms with van der Waals surface area (Å²) < 4.78 is 0. The van der Waals surface area contributed by atoms with Gasteiger partial charge in [-0.2, -0.15) is 0 Å². The van der Waals surface area contributed by atoms with Crippen LogP contribution in [0.25, 0.3) is 0 Å². The maximum Gasteiger partial charge on any atom is 0.150 e. The molecule has 0 saturated heterocycles. The molecular weight excluding hydrogens is 218 g/mol. The van der Waals surface area contributed by atoms with Gasteiger partial charge in [-0.1, -0.05) is 34.8 Å². The van der Waals surface area contributed by atoms with E-state index in [1.165, 1.54) is 0 Å². The van der Waals surface area contributed by atoms with E-state index in [0.29, 0.717) is 15.9 Å². The molecule has 1 aromatic heterocycles. The van der Waals surface area contributed by atoms with Gasteiger partial charge in [0.15, 0.2) is 0 Å². The van der Waals surface area contributed by atoms with Crippen molar-refractivity contribution in [3.63, 3.8) is 0 Å². The largest absolute Gasteiger partial charge is 0.361 e. The van der Waals surface area contributed by atoms with E-state index in [-0.39, 0.29) is 5.15 Å². The lowest BCUT2D eigenvalue weighted by atomic mass is 10.4. The predicted octanol–water partition coefficient (Wildman–Crippen LogP) is 3.11. The Morgan fingerprint density at radius 1 is 1.17 bits per heavy atom. The number of aromatic nitrogens is 1. The van der Waals surface area contributed by atoms with Crippen LogP contribution in [0.1, 0.15) is 0 Å². The van der Waals surface area contributed by atoms with Crippen LogP contribution in [0.15, 0.2) is 6.07 Å². The first-order valence-electron chi connectivity index (χ1n) is 3.21. The fourth-order valence-electron chi connectivity index (χ4n) is 0.749. The fraction of sp³-hybridized carbons (Fsp3) is 0.286. The molecule has 0 aliphatic carbocycles. The topological polar surface area (TPSA) is 16.1 Å². The van der Waals surface area contributed by atoms with Gasteiger partial charge in [-0.15, -0.1) is 0 Å². The summed E-state index contributed by atoms with van der Waals surface area (Å²) >= 11 is 17.2. The average Bonchev–Trinajstić information content (AvgIpc) is 1.96. The molecule has 0 bridgehead atoms. The van der Waals surface area contributed by atoms with E-state index >= 15 is 0 Å². The highest BCUT2D eigenvalue weighted by Crippen LogP contribution is 2.29. The number of hydrogen-bond acceptors (Lipinski definition) is 2. The van der Waals surface area contributed by atoms with Crippen LogP contribution in [0.2, 0.25) is 15.2 Å². The van der Waals surface area contributed by atoms with E-state index < -0.39 is 0 Å². The summed E-state index contributed by atoms with van der Waals surface area (Å²) in [4.78, 5) is 5.77. The predicted molar refractivity (Wildman–Crippen MR) is 53.6 cm³/mol. The first-order chi connectivity index (χ1) is 5.52. The number of hydrogen-bond donors (Lipinski definition) is 0. The van der Waals surface area contributed by atoms with E-state index in [4.69, 9.17) is 34.8 Å². The normalized spacial score (nSPS) is 10.1. The van der Waals surface area contributed by atoms with Crippen molar-refractivity contribution in [3.8, 4) is 0 Å². The Morgan fingerprint density at radius 2 is 1.75 bits per heavy atom. The smallest absolute Gasteiger partial charge is 0.150 e. The van der Waals surface area contributed by atoms with Gasteiger partial charge in [-0.05, 0) is 6.07 Å². The van der Waals surface area contributed by atoms with E-state index in [0.717, 1.165) is 0 Å². The summed E-state index contributed by atoms with van der Waals surface area (Å²) in [6, 6.07) is 1.58. The molecule has 0 amide bonds. The number of halogens is 3. The maximum atomic E-state index is 5.85. The second kappa shape index (κ2) is 3.69. The summed E-state index contributed by atoms with van der Waals surface area (Å²) in [7, 11) is 3.66. The van der Waals surface area contributed by atoms with Crippen LogP contribution >= 0.6 is 34.8 Å². The molecule has 0 fully saturated rings. The molecule has 2 nitrogen and oxygen atoms in total. The van der Waals surface area contributed by atoms with Crippen LogP contribution in [0.5, 0.6) is 0 Å². The van der Waals surface area contributed by atoms with Crippen molar-refractivity contribution >= 4 is 40.6 Å². The molecule has 0 aliphatic heterocycles. The highest BCUT2D eigenvalue weighted by atomic mass is 35.5. The Kier molecular flexibility index (Phi) is 3.04. The van der Waals surface area contributed by atoms with E-state index in [1.807, 2.05) is 14.1 Å². The molecule has 66 valence electrons. The van der Waals surface area contributed by atoms with Gasteiger partial charge in [0.05, 0.1) is 10.0 Å². The van der Waals surface area contributed by atoms with Gasteiger partial charge >= 0.3 is 0 Å². The van der Waals surface area contributed by atoms with Crippen LogP contribution in [0.4, 0.5) is 5.82 Å². The minimum Gasteiger partial charge on any atom is -0.361 e. The van der Waals surface area contributed by atoms with E-state index in [1.54, 1.807) is 11.0 Å².